The van der Waals surface area contributed by atoms with E-state index in [-0.39, 0.29) is 29.7 Å². The Morgan fingerprint density at radius 2 is 2.07 bits per heavy atom. The number of rotatable bonds is 6. The molecule has 0 spiro atoms. The summed E-state index contributed by atoms with van der Waals surface area (Å²) in [5.41, 5.74) is 1.94. The molecule has 2 heterocycles. The lowest BCUT2D eigenvalue weighted by Gasteiger charge is -2.41. The summed E-state index contributed by atoms with van der Waals surface area (Å²) in [6.45, 7) is 4.23. The van der Waals surface area contributed by atoms with E-state index in [0.29, 0.717) is 13.0 Å². The molecular formula is C21H27N3O3. The van der Waals surface area contributed by atoms with Gasteiger partial charge in [-0.2, -0.15) is 0 Å². The first-order chi connectivity index (χ1) is 13.1. The molecule has 0 unspecified atom stereocenters. The van der Waals surface area contributed by atoms with E-state index in [9.17, 15) is 9.59 Å². The van der Waals surface area contributed by atoms with Crippen LogP contribution in [0, 0.1) is 0 Å². The molecule has 1 aliphatic rings. The van der Waals surface area contributed by atoms with Crippen LogP contribution in [0.2, 0.25) is 0 Å². The van der Waals surface area contributed by atoms with Crippen LogP contribution in [-0.2, 0) is 17.6 Å². The van der Waals surface area contributed by atoms with E-state index < -0.39 is 0 Å². The number of amides is 2. The van der Waals surface area contributed by atoms with E-state index >= 15 is 0 Å². The van der Waals surface area contributed by atoms with Crippen molar-refractivity contribution >= 4 is 11.8 Å². The number of carbonyl (C=O) groups excluding carboxylic acids is 2. The topological polar surface area (TPSA) is 75.4 Å². The molecule has 27 heavy (non-hydrogen) atoms. The first-order valence-corrected chi connectivity index (χ1v) is 9.66. The van der Waals surface area contributed by atoms with Gasteiger partial charge in [0.25, 0.3) is 5.91 Å². The van der Waals surface area contributed by atoms with Gasteiger partial charge in [0.1, 0.15) is 0 Å². The number of piperidine rings is 1. The minimum atomic E-state index is -0.152. The van der Waals surface area contributed by atoms with E-state index in [1.54, 1.807) is 6.07 Å². The molecule has 0 saturated carbocycles. The van der Waals surface area contributed by atoms with Gasteiger partial charge in [0.15, 0.2) is 0 Å². The third-order valence-corrected chi connectivity index (χ3v) is 4.99. The van der Waals surface area contributed by atoms with E-state index in [0.717, 1.165) is 36.9 Å². The van der Waals surface area contributed by atoms with Crippen LogP contribution < -0.4 is 5.32 Å². The number of aryl methyl sites for hydroxylation is 1. The fourth-order valence-corrected chi connectivity index (χ4v) is 3.77. The zero-order chi connectivity index (χ0) is 19.2. The maximum absolute atomic E-state index is 13.1. The van der Waals surface area contributed by atoms with Crippen LogP contribution in [0.3, 0.4) is 0 Å². The third kappa shape index (κ3) is 4.76. The van der Waals surface area contributed by atoms with Crippen LogP contribution in [0.1, 0.15) is 54.9 Å². The van der Waals surface area contributed by atoms with Gasteiger partial charge in [0.05, 0.1) is 11.7 Å². The lowest BCUT2D eigenvalue weighted by atomic mass is 9.90. The smallest absolute Gasteiger partial charge is 0.292 e. The maximum Gasteiger partial charge on any atom is 0.292 e. The van der Waals surface area contributed by atoms with E-state index in [2.05, 4.69) is 29.5 Å². The third-order valence-electron chi connectivity index (χ3n) is 4.99. The van der Waals surface area contributed by atoms with Gasteiger partial charge in [-0.15, -0.1) is 0 Å². The lowest BCUT2D eigenvalue weighted by molar-refractivity contribution is -0.120. The second-order valence-electron chi connectivity index (χ2n) is 7.14. The minimum absolute atomic E-state index is 0.0709. The molecular weight excluding hydrogens is 342 g/mol. The number of nitrogens with zero attached hydrogens (tertiary/aromatic N) is 2. The van der Waals surface area contributed by atoms with Crippen molar-refractivity contribution in [3.63, 3.8) is 0 Å². The highest BCUT2D eigenvalue weighted by atomic mass is 16.5. The molecule has 144 valence electrons. The fourth-order valence-electron chi connectivity index (χ4n) is 3.77. The summed E-state index contributed by atoms with van der Waals surface area (Å²) in [5, 5.41) is 7.04. The summed E-state index contributed by atoms with van der Waals surface area (Å²) in [4.78, 5) is 26.7. The Balaban J connectivity index is 1.84. The molecule has 2 atom stereocenters. The van der Waals surface area contributed by atoms with Gasteiger partial charge in [0, 0.05) is 25.6 Å². The highest BCUT2D eigenvalue weighted by Crippen LogP contribution is 2.24. The molecule has 6 heteroatoms. The predicted octanol–water partition coefficient (Wildman–Crippen LogP) is 2.98. The SMILES string of the molecule is CCCc1cc(C(=O)N2CCC[C@H](NC(C)=O)[C@@H]2Cc2ccccc2)on1. The van der Waals surface area contributed by atoms with Crippen LogP contribution in [0.15, 0.2) is 40.9 Å². The predicted molar refractivity (Wildman–Crippen MR) is 102 cm³/mol. The average Bonchev–Trinajstić information content (AvgIpc) is 3.12. The van der Waals surface area contributed by atoms with E-state index in [1.807, 2.05) is 23.1 Å². The van der Waals surface area contributed by atoms with E-state index in [4.69, 9.17) is 4.52 Å². The second-order valence-corrected chi connectivity index (χ2v) is 7.14. The van der Waals surface area contributed by atoms with Gasteiger partial charge in [-0.1, -0.05) is 48.8 Å². The Labute approximate surface area is 159 Å². The Morgan fingerprint density at radius 3 is 2.78 bits per heavy atom. The van der Waals surface area contributed by atoms with Crippen molar-refractivity contribution in [3.8, 4) is 0 Å². The van der Waals surface area contributed by atoms with Gasteiger partial charge in [-0.25, -0.2) is 0 Å². The van der Waals surface area contributed by atoms with Gasteiger partial charge >= 0.3 is 0 Å². The second kappa shape index (κ2) is 8.84. The summed E-state index contributed by atoms with van der Waals surface area (Å²) in [6.07, 6.45) is 4.13. The first kappa shape index (κ1) is 19.1. The van der Waals surface area contributed by atoms with Gasteiger partial charge in [0.2, 0.25) is 11.7 Å². The maximum atomic E-state index is 13.1. The van der Waals surface area contributed by atoms with Crippen molar-refractivity contribution in [3.05, 3.63) is 53.4 Å². The number of likely N-dealkylation sites (tertiary alicyclic amines) is 1. The van der Waals surface area contributed by atoms with Gasteiger partial charge in [-0.3, -0.25) is 9.59 Å². The monoisotopic (exact) mass is 369 g/mol. The summed E-state index contributed by atoms with van der Waals surface area (Å²) in [6, 6.07) is 11.6. The molecule has 0 bridgehead atoms. The molecule has 2 amide bonds. The standard InChI is InChI=1S/C21H27N3O3/c1-3-8-17-14-20(27-23-17)21(26)24-12-7-11-18(22-15(2)25)19(24)13-16-9-5-4-6-10-16/h4-6,9-10,14,18-19H,3,7-8,11-13H2,1-2H3,(H,22,25)/t18-,19-/m0/s1. The highest BCUT2D eigenvalue weighted by molar-refractivity contribution is 5.92. The summed E-state index contributed by atoms with van der Waals surface area (Å²) >= 11 is 0. The van der Waals surface area contributed by atoms with Crippen LogP contribution >= 0.6 is 0 Å². The normalized spacial score (nSPS) is 19.7. The number of hydrogen-bond acceptors (Lipinski definition) is 4. The molecule has 6 nitrogen and oxygen atoms in total. The number of nitrogens with one attached hydrogen (secondary N) is 1. The Kier molecular flexibility index (Phi) is 6.27. The summed E-state index contributed by atoms with van der Waals surface area (Å²) in [5.74, 6) is 0.0538. The Hall–Kier alpha value is -2.63. The minimum Gasteiger partial charge on any atom is -0.352 e. The fraction of sp³-hybridized carbons (Fsp3) is 0.476. The van der Waals surface area contributed by atoms with Crippen molar-refractivity contribution < 1.29 is 14.1 Å². The summed E-state index contributed by atoms with van der Waals surface area (Å²) < 4.78 is 5.32. The number of carbonyl (C=O) groups is 2. The van der Waals surface area contributed by atoms with Crippen molar-refractivity contribution in [1.29, 1.82) is 0 Å². The largest absolute Gasteiger partial charge is 0.352 e. The van der Waals surface area contributed by atoms with Crippen molar-refractivity contribution in [2.24, 2.45) is 0 Å². The zero-order valence-corrected chi connectivity index (χ0v) is 16.0. The van der Waals surface area contributed by atoms with Crippen LogP contribution in [0.25, 0.3) is 0 Å². The number of benzene rings is 1. The summed E-state index contributed by atoms with van der Waals surface area (Å²) in [7, 11) is 0. The van der Waals surface area contributed by atoms with Crippen LogP contribution in [-0.4, -0.2) is 40.5 Å². The van der Waals surface area contributed by atoms with Gasteiger partial charge < -0.3 is 14.7 Å². The molecule has 1 N–H and O–H groups in total. The molecule has 1 saturated heterocycles. The van der Waals surface area contributed by atoms with Gasteiger partial charge in [-0.05, 0) is 31.2 Å². The van der Waals surface area contributed by atoms with Crippen molar-refractivity contribution in [2.75, 3.05) is 6.54 Å². The molecule has 0 aliphatic carbocycles. The number of hydrogen-bond donors (Lipinski definition) is 1. The van der Waals surface area contributed by atoms with E-state index in [1.165, 1.54) is 6.92 Å². The quantitative estimate of drug-likeness (QED) is 0.849. The molecule has 1 aromatic heterocycles. The van der Waals surface area contributed by atoms with Crippen LogP contribution in [0.4, 0.5) is 0 Å². The lowest BCUT2D eigenvalue weighted by Crippen LogP contribution is -2.57. The molecule has 3 rings (SSSR count). The molecule has 1 fully saturated rings. The van der Waals surface area contributed by atoms with Crippen LogP contribution in [0.5, 0.6) is 0 Å². The van der Waals surface area contributed by atoms with Crippen molar-refractivity contribution in [2.45, 2.75) is 58.0 Å². The Morgan fingerprint density at radius 1 is 1.30 bits per heavy atom. The average molecular weight is 369 g/mol. The number of aromatic nitrogens is 1. The molecule has 1 aromatic carbocycles. The van der Waals surface area contributed by atoms with Crippen molar-refractivity contribution in [1.82, 2.24) is 15.4 Å². The molecule has 2 aromatic rings. The highest BCUT2D eigenvalue weighted by Gasteiger charge is 2.36. The molecule has 1 aliphatic heterocycles. The zero-order valence-electron chi connectivity index (χ0n) is 16.0. The Bertz CT molecular complexity index is 772. The first-order valence-electron chi connectivity index (χ1n) is 9.66. The molecule has 0 radical (unpaired) electrons.